The van der Waals surface area contributed by atoms with Gasteiger partial charge in [-0.05, 0) is 26.0 Å². The maximum absolute atomic E-state index is 12.5. The Balaban J connectivity index is 2.38. The fraction of sp³-hybridized carbons (Fsp3) is 0.364. The third-order valence-electron chi connectivity index (χ3n) is 2.31. The van der Waals surface area contributed by atoms with E-state index in [-0.39, 0.29) is 11.7 Å². The SMILES string of the molecule is CC(C)n1ccc(-c2ccnc(C(F)(F)F)n2)n1. The van der Waals surface area contributed by atoms with Gasteiger partial charge in [0.15, 0.2) is 0 Å². The quantitative estimate of drug-likeness (QED) is 0.829. The first-order chi connectivity index (χ1) is 8.38. The van der Waals surface area contributed by atoms with Crippen molar-refractivity contribution >= 4 is 0 Å². The summed E-state index contributed by atoms with van der Waals surface area (Å²) in [5.74, 6) is -1.15. The van der Waals surface area contributed by atoms with Crippen LogP contribution in [0.25, 0.3) is 11.4 Å². The number of hydrogen-bond acceptors (Lipinski definition) is 3. The lowest BCUT2D eigenvalue weighted by molar-refractivity contribution is -0.144. The molecule has 0 radical (unpaired) electrons. The van der Waals surface area contributed by atoms with Gasteiger partial charge >= 0.3 is 6.18 Å². The van der Waals surface area contributed by atoms with E-state index >= 15 is 0 Å². The van der Waals surface area contributed by atoms with Crippen molar-refractivity contribution in [2.75, 3.05) is 0 Å². The summed E-state index contributed by atoms with van der Waals surface area (Å²) in [5, 5.41) is 4.16. The number of nitrogens with zero attached hydrogens (tertiary/aromatic N) is 4. The van der Waals surface area contributed by atoms with Crippen LogP contribution in [0.15, 0.2) is 24.5 Å². The molecule has 18 heavy (non-hydrogen) atoms. The van der Waals surface area contributed by atoms with Gasteiger partial charge in [0.25, 0.3) is 0 Å². The highest BCUT2D eigenvalue weighted by Gasteiger charge is 2.34. The minimum Gasteiger partial charge on any atom is -0.270 e. The zero-order valence-corrected chi connectivity index (χ0v) is 9.81. The van der Waals surface area contributed by atoms with Gasteiger partial charge in [-0.25, -0.2) is 9.97 Å². The number of rotatable bonds is 2. The summed E-state index contributed by atoms with van der Waals surface area (Å²) in [5.41, 5.74) is 0.563. The Morgan fingerprint density at radius 1 is 1.17 bits per heavy atom. The van der Waals surface area contributed by atoms with E-state index in [1.54, 1.807) is 16.9 Å². The molecule has 0 saturated carbocycles. The molecule has 0 aliphatic rings. The van der Waals surface area contributed by atoms with E-state index in [4.69, 9.17) is 0 Å². The van der Waals surface area contributed by atoms with E-state index in [9.17, 15) is 13.2 Å². The number of halogens is 3. The van der Waals surface area contributed by atoms with Gasteiger partial charge in [-0.1, -0.05) is 0 Å². The van der Waals surface area contributed by atoms with E-state index in [1.165, 1.54) is 6.07 Å². The first-order valence-electron chi connectivity index (χ1n) is 5.33. The highest BCUT2D eigenvalue weighted by atomic mass is 19.4. The smallest absolute Gasteiger partial charge is 0.270 e. The van der Waals surface area contributed by atoms with Gasteiger partial charge in [-0.3, -0.25) is 4.68 Å². The van der Waals surface area contributed by atoms with Gasteiger partial charge in [-0.2, -0.15) is 18.3 Å². The summed E-state index contributed by atoms with van der Waals surface area (Å²) in [6.45, 7) is 3.86. The molecule has 0 spiro atoms. The molecule has 0 aliphatic heterocycles. The predicted molar refractivity (Wildman–Crippen MR) is 58.6 cm³/mol. The van der Waals surface area contributed by atoms with Gasteiger partial charge in [0.05, 0.1) is 5.69 Å². The van der Waals surface area contributed by atoms with Crippen molar-refractivity contribution in [3.63, 3.8) is 0 Å². The predicted octanol–water partition coefficient (Wildman–Crippen LogP) is 2.94. The average molecular weight is 256 g/mol. The molecule has 0 bridgehead atoms. The molecule has 2 rings (SSSR count). The first-order valence-corrected chi connectivity index (χ1v) is 5.33. The molecule has 0 unspecified atom stereocenters. The summed E-state index contributed by atoms with van der Waals surface area (Å²) < 4.78 is 39.1. The largest absolute Gasteiger partial charge is 0.451 e. The third kappa shape index (κ3) is 2.49. The van der Waals surface area contributed by atoms with Gasteiger partial charge < -0.3 is 0 Å². The van der Waals surface area contributed by atoms with Gasteiger partial charge in [0.1, 0.15) is 5.69 Å². The highest BCUT2D eigenvalue weighted by molar-refractivity contribution is 5.52. The summed E-state index contributed by atoms with van der Waals surface area (Å²) in [4.78, 5) is 6.68. The van der Waals surface area contributed by atoms with Crippen LogP contribution in [0.1, 0.15) is 25.7 Å². The second-order valence-electron chi connectivity index (χ2n) is 4.04. The Bertz CT molecular complexity index is 545. The lowest BCUT2D eigenvalue weighted by Gasteiger charge is -2.06. The summed E-state index contributed by atoms with van der Waals surface area (Å²) in [7, 11) is 0. The van der Waals surface area contributed by atoms with Crippen LogP contribution < -0.4 is 0 Å². The molecule has 7 heteroatoms. The second-order valence-corrected chi connectivity index (χ2v) is 4.04. The Labute approximate surface area is 101 Å². The van der Waals surface area contributed by atoms with Crippen molar-refractivity contribution in [2.45, 2.75) is 26.1 Å². The zero-order chi connectivity index (χ0) is 13.3. The molecular formula is C11H11F3N4. The molecule has 0 amide bonds. The van der Waals surface area contributed by atoms with Crippen LogP contribution in [0.4, 0.5) is 13.2 Å². The van der Waals surface area contributed by atoms with Crippen molar-refractivity contribution in [3.05, 3.63) is 30.4 Å². The zero-order valence-electron chi connectivity index (χ0n) is 9.81. The van der Waals surface area contributed by atoms with E-state index in [2.05, 4.69) is 15.1 Å². The normalized spacial score (nSPS) is 12.1. The fourth-order valence-corrected chi connectivity index (χ4v) is 1.40. The Morgan fingerprint density at radius 3 is 2.44 bits per heavy atom. The van der Waals surface area contributed by atoms with Crippen LogP contribution in [0.2, 0.25) is 0 Å². The number of hydrogen-bond donors (Lipinski definition) is 0. The first kappa shape index (κ1) is 12.5. The van der Waals surface area contributed by atoms with Crippen molar-refractivity contribution in [2.24, 2.45) is 0 Å². The molecule has 2 aromatic heterocycles. The molecule has 96 valence electrons. The lowest BCUT2D eigenvalue weighted by Crippen LogP contribution is -2.11. The lowest BCUT2D eigenvalue weighted by atomic mass is 10.3. The monoisotopic (exact) mass is 256 g/mol. The Morgan fingerprint density at radius 2 is 1.89 bits per heavy atom. The molecular weight excluding hydrogens is 245 g/mol. The molecule has 0 fully saturated rings. The van der Waals surface area contributed by atoms with Crippen LogP contribution >= 0.6 is 0 Å². The minimum absolute atomic E-state index is 0.141. The van der Waals surface area contributed by atoms with Crippen molar-refractivity contribution < 1.29 is 13.2 Å². The molecule has 0 N–H and O–H groups in total. The van der Waals surface area contributed by atoms with Crippen molar-refractivity contribution in [1.82, 2.24) is 19.7 Å². The average Bonchev–Trinajstić information content (AvgIpc) is 2.77. The van der Waals surface area contributed by atoms with Crippen LogP contribution in [0.5, 0.6) is 0 Å². The molecule has 0 aromatic carbocycles. The fourth-order valence-electron chi connectivity index (χ4n) is 1.40. The molecule has 2 aromatic rings. The van der Waals surface area contributed by atoms with Crippen LogP contribution in [-0.2, 0) is 6.18 Å². The van der Waals surface area contributed by atoms with Crippen LogP contribution in [0.3, 0.4) is 0 Å². The molecule has 0 saturated heterocycles. The molecule has 0 aliphatic carbocycles. The third-order valence-corrected chi connectivity index (χ3v) is 2.31. The van der Waals surface area contributed by atoms with Crippen LogP contribution in [0, 0.1) is 0 Å². The summed E-state index contributed by atoms with van der Waals surface area (Å²) >= 11 is 0. The topological polar surface area (TPSA) is 43.6 Å². The molecule has 4 nitrogen and oxygen atoms in total. The maximum atomic E-state index is 12.5. The van der Waals surface area contributed by atoms with E-state index in [0.717, 1.165) is 6.20 Å². The summed E-state index contributed by atoms with van der Waals surface area (Å²) in [6.07, 6.45) is -1.76. The number of aromatic nitrogens is 4. The Hall–Kier alpha value is -1.92. The van der Waals surface area contributed by atoms with E-state index in [1.807, 2.05) is 13.8 Å². The van der Waals surface area contributed by atoms with Crippen molar-refractivity contribution in [3.8, 4) is 11.4 Å². The van der Waals surface area contributed by atoms with Crippen molar-refractivity contribution in [1.29, 1.82) is 0 Å². The van der Waals surface area contributed by atoms with Gasteiger partial charge in [0.2, 0.25) is 5.82 Å². The summed E-state index contributed by atoms with van der Waals surface area (Å²) in [6, 6.07) is 3.17. The molecule has 2 heterocycles. The molecule has 0 atom stereocenters. The van der Waals surface area contributed by atoms with Gasteiger partial charge in [-0.15, -0.1) is 0 Å². The Kier molecular flexibility index (Phi) is 3.06. The second kappa shape index (κ2) is 4.40. The van der Waals surface area contributed by atoms with Gasteiger partial charge in [0, 0.05) is 18.4 Å². The van der Waals surface area contributed by atoms with E-state index < -0.39 is 12.0 Å². The van der Waals surface area contributed by atoms with Crippen LogP contribution in [-0.4, -0.2) is 19.7 Å². The minimum atomic E-state index is -4.55. The van der Waals surface area contributed by atoms with E-state index in [0.29, 0.717) is 5.69 Å². The number of alkyl halides is 3. The maximum Gasteiger partial charge on any atom is 0.451 e. The standard InChI is InChI=1S/C11H11F3N4/c1-7(2)18-6-4-9(17-18)8-3-5-15-10(16-8)11(12,13)14/h3-7H,1-2H3. The highest BCUT2D eigenvalue weighted by Crippen LogP contribution is 2.27.